The maximum Gasteiger partial charge on any atom is 0.0507 e. The maximum absolute atomic E-state index is 5.38. The summed E-state index contributed by atoms with van der Waals surface area (Å²) >= 11 is 0. The molecule has 1 saturated carbocycles. The molecule has 1 heterocycles. The van der Waals surface area contributed by atoms with E-state index in [-0.39, 0.29) is 0 Å². The number of nitrogens with one attached hydrogen (secondary N) is 1. The zero-order valence-electron chi connectivity index (χ0n) is 9.30. The Morgan fingerprint density at radius 3 is 2.71 bits per heavy atom. The Morgan fingerprint density at radius 1 is 1.29 bits per heavy atom. The molecular weight excluding hydrogens is 174 g/mol. The van der Waals surface area contributed by atoms with Gasteiger partial charge in [0.2, 0.25) is 0 Å². The highest BCUT2D eigenvalue weighted by Gasteiger charge is 2.25. The summed E-state index contributed by atoms with van der Waals surface area (Å²) in [7, 11) is 0. The normalized spacial score (nSPS) is 29.4. The number of hydrogen-bond donors (Lipinski definition) is 1. The van der Waals surface area contributed by atoms with E-state index in [0.29, 0.717) is 0 Å². The van der Waals surface area contributed by atoms with Gasteiger partial charge in [-0.15, -0.1) is 0 Å². The Balaban J connectivity index is 1.60. The minimum atomic E-state index is 0.767. The van der Waals surface area contributed by atoms with Crippen LogP contribution in [0.2, 0.25) is 0 Å². The van der Waals surface area contributed by atoms with E-state index in [1.807, 2.05) is 0 Å². The molecule has 2 rings (SSSR count). The quantitative estimate of drug-likeness (QED) is 0.705. The average molecular weight is 197 g/mol. The molecule has 2 aliphatic rings. The third-order valence-corrected chi connectivity index (χ3v) is 3.53. The van der Waals surface area contributed by atoms with Gasteiger partial charge in [0, 0.05) is 19.2 Å². The van der Waals surface area contributed by atoms with E-state index in [9.17, 15) is 0 Å². The van der Waals surface area contributed by atoms with E-state index in [4.69, 9.17) is 4.74 Å². The second-order valence-corrected chi connectivity index (χ2v) is 4.92. The molecule has 2 unspecified atom stereocenters. The molecule has 0 radical (unpaired) electrons. The van der Waals surface area contributed by atoms with Crippen LogP contribution in [0.3, 0.4) is 0 Å². The second kappa shape index (κ2) is 5.13. The lowest BCUT2D eigenvalue weighted by molar-refractivity contribution is 0.184. The van der Waals surface area contributed by atoms with Crippen molar-refractivity contribution in [1.29, 1.82) is 0 Å². The van der Waals surface area contributed by atoms with Gasteiger partial charge in [0.1, 0.15) is 0 Å². The molecule has 1 aliphatic carbocycles. The van der Waals surface area contributed by atoms with Gasteiger partial charge < -0.3 is 10.1 Å². The molecule has 1 N–H and O–H groups in total. The van der Waals surface area contributed by atoms with E-state index < -0.39 is 0 Å². The topological polar surface area (TPSA) is 21.3 Å². The molecular formula is C12H23NO. The standard InChI is InChI=1S/C12H23NO/c1-2-12(7-10-3-4-10)13-8-11-5-6-14-9-11/h10-13H,2-9H2,1H3. The van der Waals surface area contributed by atoms with Crippen LogP contribution in [-0.4, -0.2) is 25.8 Å². The molecule has 2 fully saturated rings. The van der Waals surface area contributed by atoms with Crippen LogP contribution in [0, 0.1) is 11.8 Å². The van der Waals surface area contributed by atoms with E-state index >= 15 is 0 Å². The van der Waals surface area contributed by atoms with Crippen molar-refractivity contribution in [2.45, 2.75) is 45.1 Å². The zero-order valence-corrected chi connectivity index (χ0v) is 9.30. The molecule has 0 spiro atoms. The van der Waals surface area contributed by atoms with Crippen LogP contribution in [0.5, 0.6) is 0 Å². The van der Waals surface area contributed by atoms with Crippen molar-refractivity contribution in [2.24, 2.45) is 11.8 Å². The fourth-order valence-corrected chi connectivity index (χ4v) is 2.23. The maximum atomic E-state index is 5.38. The third-order valence-electron chi connectivity index (χ3n) is 3.53. The predicted molar refractivity (Wildman–Crippen MR) is 58.3 cm³/mol. The summed E-state index contributed by atoms with van der Waals surface area (Å²) in [5, 5.41) is 3.70. The van der Waals surface area contributed by atoms with Crippen LogP contribution >= 0.6 is 0 Å². The van der Waals surface area contributed by atoms with E-state index in [2.05, 4.69) is 12.2 Å². The second-order valence-electron chi connectivity index (χ2n) is 4.92. The molecule has 0 aromatic carbocycles. The minimum Gasteiger partial charge on any atom is -0.381 e. The number of ether oxygens (including phenoxy) is 1. The van der Waals surface area contributed by atoms with Crippen LogP contribution < -0.4 is 5.32 Å². The molecule has 82 valence electrons. The van der Waals surface area contributed by atoms with Crippen LogP contribution in [0.15, 0.2) is 0 Å². The van der Waals surface area contributed by atoms with Crippen molar-refractivity contribution >= 4 is 0 Å². The number of hydrogen-bond acceptors (Lipinski definition) is 2. The summed E-state index contributed by atoms with van der Waals surface area (Å²) in [6, 6.07) is 0.767. The van der Waals surface area contributed by atoms with E-state index in [1.165, 1.54) is 38.6 Å². The number of rotatable bonds is 6. The Morgan fingerprint density at radius 2 is 2.14 bits per heavy atom. The highest BCUT2D eigenvalue weighted by atomic mass is 16.5. The molecule has 0 bridgehead atoms. The lowest BCUT2D eigenvalue weighted by Gasteiger charge is -2.18. The SMILES string of the molecule is CCC(CC1CC1)NCC1CCOC1. The summed E-state index contributed by atoms with van der Waals surface area (Å²) < 4.78 is 5.38. The van der Waals surface area contributed by atoms with Gasteiger partial charge in [0.15, 0.2) is 0 Å². The van der Waals surface area contributed by atoms with Crippen molar-refractivity contribution in [3.63, 3.8) is 0 Å². The van der Waals surface area contributed by atoms with Gasteiger partial charge >= 0.3 is 0 Å². The van der Waals surface area contributed by atoms with Crippen molar-refractivity contribution in [3.8, 4) is 0 Å². The lowest BCUT2D eigenvalue weighted by atomic mass is 10.1. The molecule has 0 aromatic heterocycles. The zero-order chi connectivity index (χ0) is 9.80. The molecule has 14 heavy (non-hydrogen) atoms. The van der Waals surface area contributed by atoms with Gasteiger partial charge in [-0.3, -0.25) is 0 Å². The van der Waals surface area contributed by atoms with Crippen molar-refractivity contribution in [1.82, 2.24) is 5.32 Å². The monoisotopic (exact) mass is 197 g/mol. The minimum absolute atomic E-state index is 0.767. The Kier molecular flexibility index (Phi) is 3.82. The smallest absolute Gasteiger partial charge is 0.0507 e. The Hall–Kier alpha value is -0.0800. The lowest BCUT2D eigenvalue weighted by Crippen LogP contribution is -2.33. The molecule has 1 aliphatic heterocycles. The molecule has 1 saturated heterocycles. The molecule has 2 nitrogen and oxygen atoms in total. The summed E-state index contributed by atoms with van der Waals surface area (Å²) in [6.07, 6.45) is 6.90. The molecule has 0 aromatic rings. The first-order valence-electron chi connectivity index (χ1n) is 6.19. The van der Waals surface area contributed by atoms with Crippen LogP contribution in [0.4, 0.5) is 0 Å². The molecule has 2 heteroatoms. The first-order chi connectivity index (χ1) is 6.88. The van der Waals surface area contributed by atoms with Crippen molar-refractivity contribution < 1.29 is 4.74 Å². The van der Waals surface area contributed by atoms with Crippen LogP contribution in [0.25, 0.3) is 0 Å². The largest absolute Gasteiger partial charge is 0.381 e. The van der Waals surface area contributed by atoms with Gasteiger partial charge in [-0.2, -0.15) is 0 Å². The van der Waals surface area contributed by atoms with Gasteiger partial charge in [-0.25, -0.2) is 0 Å². The summed E-state index contributed by atoms with van der Waals surface area (Å²) in [4.78, 5) is 0. The average Bonchev–Trinajstić information content (AvgIpc) is 2.86. The van der Waals surface area contributed by atoms with E-state index in [1.54, 1.807) is 0 Å². The predicted octanol–water partition coefficient (Wildman–Crippen LogP) is 2.19. The van der Waals surface area contributed by atoms with Gasteiger partial charge in [-0.1, -0.05) is 19.8 Å². The van der Waals surface area contributed by atoms with Gasteiger partial charge in [-0.05, 0) is 31.1 Å². The van der Waals surface area contributed by atoms with Crippen molar-refractivity contribution in [3.05, 3.63) is 0 Å². The fourth-order valence-electron chi connectivity index (χ4n) is 2.23. The van der Waals surface area contributed by atoms with Gasteiger partial charge in [0.25, 0.3) is 0 Å². The summed E-state index contributed by atoms with van der Waals surface area (Å²) in [5.74, 6) is 1.83. The highest BCUT2D eigenvalue weighted by molar-refractivity contribution is 4.80. The van der Waals surface area contributed by atoms with Gasteiger partial charge in [0.05, 0.1) is 6.61 Å². The molecule has 2 atom stereocenters. The van der Waals surface area contributed by atoms with Crippen LogP contribution in [0.1, 0.15) is 39.0 Å². The first-order valence-corrected chi connectivity index (χ1v) is 6.19. The van der Waals surface area contributed by atoms with Crippen LogP contribution in [-0.2, 0) is 4.74 Å². The Labute approximate surface area is 87.4 Å². The fraction of sp³-hybridized carbons (Fsp3) is 1.00. The van der Waals surface area contributed by atoms with Crippen molar-refractivity contribution in [2.75, 3.05) is 19.8 Å². The Bertz CT molecular complexity index is 162. The molecule has 0 amide bonds. The summed E-state index contributed by atoms with van der Waals surface area (Å²) in [5.41, 5.74) is 0. The summed E-state index contributed by atoms with van der Waals surface area (Å²) in [6.45, 7) is 5.43. The first kappa shape index (κ1) is 10.4. The van der Waals surface area contributed by atoms with E-state index in [0.717, 1.165) is 31.1 Å². The third kappa shape index (κ3) is 3.25. The highest BCUT2D eigenvalue weighted by Crippen LogP contribution is 2.34.